The molecule has 0 radical (unpaired) electrons. The summed E-state index contributed by atoms with van der Waals surface area (Å²) in [5.74, 6) is -0.783. The van der Waals surface area contributed by atoms with Gasteiger partial charge >= 0.3 is 11.9 Å². The Bertz CT molecular complexity index is 1480. The number of hydrogen-bond acceptors (Lipinski definition) is 7. The highest BCUT2D eigenvalue weighted by Gasteiger charge is 2.35. The summed E-state index contributed by atoms with van der Waals surface area (Å²) in [4.78, 5) is 36.7. The van der Waals surface area contributed by atoms with E-state index in [0.717, 1.165) is 22.7 Å². The number of nitrogens with zero attached hydrogens (tertiary/aromatic N) is 3. The Kier molecular flexibility index (Phi) is 6.99. The predicted molar refractivity (Wildman–Crippen MR) is 127 cm³/mol. The molecule has 186 valence electrons. The van der Waals surface area contributed by atoms with Crippen molar-refractivity contribution in [1.82, 2.24) is 4.90 Å². The number of amides is 2. The molecule has 0 aromatic heterocycles. The Morgan fingerprint density at radius 2 is 1.78 bits per heavy atom. The zero-order valence-electron chi connectivity index (χ0n) is 18.6. The van der Waals surface area contributed by atoms with Gasteiger partial charge in [0.25, 0.3) is 11.1 Å². The number of ether oxygens (including phenoxy) is 1. The molecule has 12 heteroatoms. The van der Waals surface area contributed by atoms with Crippen LogP contribution in [0, 0.1) is 21.4 Å². The summed E-state index contributed by atoms with van der Waals surface area (Å²) in [5.41, 5.74) is -0.614. The number of nitro benzene ring substituents is 1. The van der Waals surface area contributed by atoms with Crippen molar-refractivity contribution in [3.8, 4) is 17.6 Å². The predicted octanol–water partition coefficient (Wildman–Crippen LogP) is 6.51. The highest BCUT2D eigenvalue weighted by atomic mass is 32.2. The van der Waals surface area contributed by atoms with E-state index < -0.39 is 33.5 Å². The minimum Gasteiger partial charge on any atom is -0.450 e. The van der Waals surface area contributed by atoms with Crippen molar-refractivity contribution < 1.29 is 32.4 Å². The first-order chi connectivity index (χ1) is 17.6. The maximum Gasteiger partial charge on any atom is 0.416 e. The number of carbonyl (C=O) groups excluding carboxylic acids is 2. The van der Waals surface area contributed by atoms with Crippen LogP contribution in [0.4, 0.5) is 23.7 Å². The first-order valence-corrected chi connectivity index (χ1v) is 11.3. The van der Waals surface area contributed by atoms with Crippen LogP contribution < -0.4 is 4.74 Å². The van der Waals surface area contributed by atoms with E-state index in [1.807, 2.05) is 6.07 Å². The number of thioether (sulfide) groups is 1. The molecule has 2 amide bonds. The molecule has 1 fully saturated rings. The summed E-state index contributed by atoms with van der Waals surface area (Å²) in [6, 6.07) is 16.5. The number of halogens is 3. The van der Waals surface area contributed by atoms with Gasteiger partial charge in [-0.3, -0.25) is 24.6 Å². The second-order valence-electron chi connectivity index (χ2n) is 7.65. The number of nitro groups is 1. The maximum atomic E-state index is 12.9. The Labute approximate surface area is 211 Å². The van der Waals surface area contributed by atoms with Crippen molar-refractivity contribution in [2.24, 2.45) is 0 Å². The summed E-state index contributed by atoms with van der Waals surface area (Å²) >= 11 is 0.742. The molecular weight excluding hydrogens is 511 g/mol. The lowest BCUT2D eigenvalue weighted by molar-refractivity contribution is -0.385. The van der Waals surface area contributed by atoms with Gasteiger partial charge in [-0.15, -0.1) is 0 Å². The molecule has 3 aromatic carbocycles. The molecule has 0 atom stereocenters. The van der Waals surface area contributed by atoms with Crippen LogP contribution in [0.2, 0.25) is 0 Å². The smallest absolute Gasteiger partial charge is 0.416 e. The molecule has 1 aliphatic heterocycles. The van der Waals surface area contributed by atoms with Gasteiger partial charge in [0.15, 0.2) is 0 Å². The number of rotatable bonds is 6. The molecule has 0 unspecified atom stereocenters. The van der Waals surface area contributed by atoms with Crippen molar-refractivity contribution in [3.05, 3.63) is 104 Å². The number of alkyl halides is 3. The molecule has 0 saturated carbocycles. The van der Waals surface area contributed by atoms with Crippen LogP contribution in [0.5, 0.6) is 11.5 Å². The highest BCUT2D eigenvalue weighted by molar-refractivity contribution is 8.18. The maximum absolute atomic E-state index is 12.9. The molecule has 0 bridgehead atoms. The third kappa shape index (κ3) is 5.62. The van der Waals surface area contributed by atoms with Gasteiger partial charge in [0, 0.05) is 6.07 Å². The van der Waals surface area contributed by atoms with E-state index in [9.17, 15) is 38.1 Å². The number of benzene rings is 3. The molecule has 4 rings (SSSR count). The molecule has 1 saturated heterocycles. The Morgan fingerprint density at radius 3 is 2.43 bits per heavy atom. The van der Waals surface area contributed by atoms with E-state index in [1.165, 1.54) is 30.3 Å². The molecular formula is C25H14F3N3O5S. The van der Waals surface area contributed by atoms with E-state index in [2.05, 4.69) is 0 Å². The minimum atomic E-state index is -4.75. The molecule has 37 heavy (non-hydrogen) atoms. The van der Waals surface area contributed by atoms with Crippen molar-refractivity contribution in [2.45, 2.75) is 12.7 Å². The van der Waals surface area contributed by atoms with Crippen molar-refractivity contribution >= 4 is 34.7 Å². The first kappa shape index (κ1) is 25.5. The van der Waals surface area contributed by atoms with E-state index in [1.54, 1.807) is 24.3 Å². The SMILES string of the molecule is N#Cc1ccccc1CN1C(=O)S/C(=C/c2ccc(Oc3ccc(C(F)(F)F)cc3[N+](=O)[O-])cc2)C1=O. The molecule has 3 aromatic rings. The second kappa shape index (κ2) is 10.2. The Balaban J connectivity index is 1.50. The molecule has 8 nitrogen and oxygen atoms in total. The van der Waals surface area contributed by atoms with Gasteiger partial charge < -0.3 is 4.74 Å². The average molecular weight is 525 g/mol. The summed E-state index contributed by atoms with van der Waals surface area (Å²) in [5, 5.41) is 20.0. The highest BCUT2D eigenvalue weighted by Crippen LogP contribution is 2.38. The van der Waals surface area contributed by atoms with E-state index in [0.29, 0.717) is 28.8 Å². The standard InChI is InChI=1S/C25H14F3N3O5S/c26-25(27,28)18-7-10-21(20(12-18)31(34)35)36-19-8-5-15(6-9-19)11-22-23(32)30(24(33)37-22)14-17-4-2-1-3-16(17)13-29/h1-12H,14H2/b22-11+. The Morgan fingerprint density at radius 1 is 1.08 bits per heavy atom. The second-order valence-corrected chi connectivity index (χ2v) is 8.64. The Hall–Kier alpha value is -4.63. The van der Waals surface area contributed by atoms with Crippen LogP contribution in [-0.2, 0) is 17.5 Å². The van der Waals surface area contributed by atoms with Gasteiger partial charge in [0.1, 0.15) is 5.75 Å². The number of imide groups is 1. The van der Waals surface area contributed by atoms with Gasteiger partial charge in [-0.05, 0) is 59.3 Å². The quantitative estimate of drug-likeness (QED) is 0.205. The number of nitriles is 1. The summed E-state index contributed by atoms with van der Waals surface area (Å²) < 4.78 is 44.1. The van der Waals surface area contributed by atoms with E-state index in [-0.39, 0.29) is 22.9 Å². The fourth-order valence-electron chi connectivity index (χ4n) is 3.41. The third-order valence-corrected chi connectivity index (χ3v) is 6.14. The van der Waals surface area contributed by atoms with Crippen LogP contribution in [0.3, 0.4) is 0 Å². The molecule has 0 spiro atoms. The molecule has 0 N–H and O–H groups in total. The molecule has 1 heterocycles. The van der Waals surface area contributed by atoms with Gasteiger partial charge in [-0.25, -0.2) is 0 Å². The van der Waals surface area contributed by atoms with Gasteiger partial charge in [0.2, 0.25) is 5.75 Å². The zero-order chi connectivity index (χ0) is 26.7. The summed E-state index contributed by atoms with van der Waals surface area (Å²) in [7, 11) is 0. The van der Waals surface area contributed by atoms with Crippen LogP contribution >= 0.6 is 11.8 Å². The number of hydrogen-bond donors (Lipinski definition) is 0. The number of carbonyl (C=O) groups is 2. The van der Waals surface area contributed by atoms with Crippen LogP contribution in [0.15, 0.2) is 71.6 Å². The van der Waals surface area contributed by atoms with Crippen molar-refractivity contribution in [1.29, 1.82) is 5.26 Å². The van der Waals surface area contributed by atoms with Gasteiger partial charge in [-0.2, -0.15) is 18.4 Å². The third-order valence-electron chi connectivity index (χ3n) is 5.23. The normalized spacial score (nSPS) is 14.6. The van der Waals surface area contributed by atoms with E-state index in [4.69, 9.17) is 4.74 Å². The monoisotopic (exact) mass is 525 g/mol. The molecule has 1 aliphatic rings. The topological polar surface area (TPSA) is 114 Å². The summed E-state index contributed by atoms with van der Waals surface area (Å²) in [6.07, 6.45) is -3.27. The molecule has 0 aliphatic carbocycles. The van der Waals surface area contributed by atoms with Crippen LogP contribution in [0.1, 0.15) is 22.3 Å². The minimum absolute atomic E-state index is 0.0512. The van der Waals surface area contributed by atoms with Crippen LogP contribution in [0.25, 0.3) is 6.08 Å². The van der Waals surface area contributed by atoms with Crippen LogP contribution in [-0.4, -0.2) is 21.0 Å². The lowest BCUT2D eigenvalue weighted by Crippen LogP contribution is -2.27. The zero-order valence-corrected chi connectivity index (χ0v) is 19.4. The van der Waals surface area contributed by atoms with Crippen molar-refractivity contribution in [2.75, 3.05) is 0 Å². The van der Waals surface area contributed by atoms with Gasteiger partial charge in [0.05, 0.1) is 33.6 Å². The lowest BCUT2D eigenvalue weighted by Gasteiger charge is -2.13. The fourth-order valence-corrected chi connectivity index (χ4v) is 4.25. The van der Waals surface area contributed by atoms with E-state index >= 15 is 0 Å². The average Bonchev–Trinajstić information content (AvgIpc) is 3.12. The first-order valence-electron chi connectivity index (χ1n) is 10.4. The van der Waals surface area contributed by atoms with Crippen molar-refractivity contribution in [3.63, 3.8) is 0 Å². The van der Waals surface area contributed by atoms with Gasteiger partial charge in [-0.1, -0.05) is 30.3 Å². The summed E-state index contributed by atoms with van der Waals surface area (Å²) in [6.45, 7) is -0.0512. The fraction of sp³-hybridized carbons (Fsp3) is 0.0800. The lowest BCUT2D eigenvalue weighted by atomic mass is 10.1. The largest absolute Gasteiger partial charge is 0.450 e.